The van der Waals surface area contributed by atoms with E-state index in [1.54, 1.807) is 0 Å². The number of ether oxygens (including phenoxy) is 3. The van der Waals surface area contributed by atoms with Crippen LogP contribution in [0.4, 0.5) is 0 Å². The molecule has 15 N–H and O–H groups in total. The number of aliphatic hydroxyl groups is 3. The molecule has 18 heteroatoms. The van der Waals surface area contributed by atoms with Crippen molar-refractivity contribution in [1.29, 1.82) is 0 Å². The van der Waals surface area contributed by atoms with Crippen molar-refractivity contribution in [3.8, 4) is 86.2 Å². The highest BCUT2D eigenvalue weighted by molar-refractivity contribution is 5.70. The van der Waals surface area contributed by atoms with Crippen LogP contribution in [-0.2, 0) is 6.42 Å². The van der Waals surface area contributed by atoms with Gasteiger partial charge in [-0.3, -0.25) is 0 Å². The number of hydrogen-bond donors (Lipinski definition) is 15. The number of fused-ring (bicyclic) bond motifs is 3. The van der Waals surface area contributed by atoms with Gasteiger partial charge < -0.3 is 90.8 Å². The molecule has 0 fully saturated rings. The van der Waals surface area contributed by atoms with Gasteiger partial charge in [-0.15, -0.1) is 0 Å². The second-order valence-electron chi connectivity index (χ2n) is 15.6. The Morgan fingerprint density at radius 3 is 1.29 bits per heavy atom. The third-order valence-electron chi connectivity index (χ3n) is 11.9. The first-order chi connectivity index (χ1) is 29.9. The van der Waals surface area contributed by atoms with E-state index < -0.39 is 129 Å². The number of rotatable bonds is 5. The molecule has 6 aromatic rings. The number of hydrogen-bond acceptors (Lipinski definition) is 18. The normalized spacial score (nSPS) is 23.6. The Labute approximate surface area is 354 Å². The van der Waals surface area contributed by atoms with Crippen LogP contribution in [0.15, 0.2) is 78.9 Å². The smallest absolute Gasteiger partial charge is 0.157 e. The van der Waals surface area contributed by atoms with E-state index in [0.717, 1.165) is 48.5 Å². The fourth-order valence-electron chi connectivity index (χ4n) is 8.91. The van der Waals surface area contributed by atoms with Crippen molar-refractivity contribution in [2.45, 2.75) is 54.9 Å². The molecule has 3 heterocycles. The van der Waals surface area contributed by atoms with Crippen LogP contribution in [0.3, 0.4) is 0 Å². The summed E-state index contributed by atoms with van der Waals surface area (Å²) in [6.07, 6.45) is -9.64. The van der Waals surface area contributed by atoms with Gasteiger partial charge in [0.15, 0.2) is 46.7 Å². The van der Waals surface area contributed by atoms with E-state index in [9.17, 15) is 76.6 Å². The van der Waals surface area contributed by atoms with Crippen LogP contribution < -0.4 is 14.2 Å². The van der Waals surface area contributed by atoms with Gasteiger partial charge in [-0.25, -0.2) is 0 Å². The van der Waals surface area contributed by atoms with Crippen LogP contribution >= 0.6 is 0 Å². The predicted molar refractivity (Wildman–Crippen MR) is 214 cm³/mol. The first kappa shape index (κ1) is 40.6. The highest BCUT2D eigenvalue weighted by atomic mass is 16.5. The summed E-state index contributed by atoms with van der Waals surface area (Å²) in [5.41, 5.74) is -1.28. The molecule has 0 bridgehead atoms. The van der Waals surface area contributed by atoms with Gasteiger partial charge in [0.25, 0.3) is 0 Å². The van der Waals surface area contributed by atoms with E-state index >= 15 is 0 Å². The molecule has 8 atom stereocenters. The Balaban J connectivity index is 1.24. The molecule has 3 aliphatic rings. The summed E-state index contributed by atoms with van der Waals surface area (Å²) in [4.78, 5) is 0. The van der Waals surface area contributed by atoms with Crippen molar-refractivity contribution in [2.75, 3.05) is 0 Å². The molecule has 6 aromatic carbocycles. The van der Waals surface area contributed by atoms with E-state index in [-0.39, 0.29) is 57.1 Å². The molecule has 0 aliphatic carbocycles. The number of benzene rings is 6. The molecule has 0 amide bonds. The Morgan fingerprint density at radius 2 is 0.778 bits per heavy atom. The molecular weight excluding hydrogens is 828 g/mol. The Kier molecular flexibility index (Phi) is 9.46. The molecule has 0 spiro atoms. The minimum absolute atomic E-state index is 0.0469. The van der Waals surface area contributed by atoms with Crippen molar-refractivity contribution in [3.05, 3.63) is 123 Å². The first-order valence-corrected chi connectivity index (χ1v) is 19.3. The van der Waals surface area contributed by atoms with E-state index in [4.69, 9.17) is 14.2 Å². The third-order valence-corrected chi connectivity index (χ3v) is 11.9. The van der Waals surface area contributed by atoms with Crippen molar-refractivity contribution >= 4 is 0 Å². The van der Waals surface area contributed by atoms with Gasteiger partial charge in [0.2, 0.25) is 0 Å². The lowest BCUT2D eigenvalue weighted by Gasteiger charge is -2.41. The maximum atomic E-state index is 12.5. The SMILES string of the molecule is Oc1cc(O)c2c(c1)O[C@H](c1ccc(O)c(O)c1)[C@H](O)[C@H]2c1c(O)cc2c(c1O)[C@H](c1c(O)cc3c(c1O)C[C@@H](O)[C@@H](c1ccc(O)c(O)c1)O3)[C@@H](O)[C@@H](c1ccc(O)c(O)c1)O2. The van der Waals surface area contributed by atoms with Gasteiger partial charge in [0, 0.05) is 58.5 Å². The highest BCUT2D eigenvalue weighted by Crippen LogP contribution is 2.61. The van der Waals surface area contributed by atoms with E-state index in [0.29, 0.717) is 0 Å². The minimum atomic E-state index is -1.91. The summed E-state index contributed by atoms with van der Waals surface area (Å²) in [5, 5.41) is 166. The van der Waals surface area contributed by atoms with Gasteiger partial charge in [-0.2, -0.15) is 0 Å². The molecule has 0 aromatic heterocycles. The second-order valence-corrected chi connectivity index (χ2v) is 15.6. The van der Waals surface area contributed by atoms with Crippen LogP contribution in [0.2, 0.25) is 0 Å². The molecule has 3 aliphatic heterocycles. The average Bonchev–Trinajstić information content (AvgIpc) is 3.22. The van der Waals surface area contributed by atoms with E-state index in [2.05, 4.69) is 0 Å². The Morgan fingerprint density at radius 1 is 0.365 bits per heavy atom. The Bertz CT molecular complexity index is 2840. The molecule has 63 heavy (non-hydrogen) atoms. The highest BCUT2D eigenvalue weighted by Gasteiger charge is 2.49. The molecule has 326 valence electrons. The van der Waals surface area contributed by atoms with Crippen molar-refractivity contribution in [2.24, 2.45) is 0 Å². The number of aromatic hydroxyl groups is 12. The fraction of sp³-hybridized carbons (Fsp3) is 0.200. The summed E-state index contributed by atoms with van der Waals surface area (Å²) in [7, 11) is 0. The molecule has 0 saturated carbocycles. The van der Waals surface area contributed by atoms with E-state index in [1.165, 1.54) is 30.3 Å². The summed E-state index contributed by atoms with van der Waals surface area (Å²) >= 11 is 0. The molecule has 0 unspecified atom stereocenters. The number of phenols is 12. The van der Waals surface area contributed by atoms with Crippen LogP contribution in [0.25, 0.3) is 0 Å². The summed E-state index contributed by atoms with van der Waals surface area (Å²) < 4.78 is 18.2. The van der Waals surface area contributed by atoms with Crippen LogP contribution in [0, 0.1) is 0 Å². The van der Waals surface area contributed by atoms with Crippen LogP contribution in [0.1, 0.15) is 74.7 Å². The minimum Gasteiger partial charge on any atom is -0.508 e. The standard InChI is InChI=1S/C45H38O18/c46-18-10-26(53)33-31(11-18)62-44(16-2-5-21(48)24(51)8-16)41(59)37(33)35-28(55)14-32-36(40(35)58)38(42(60)45(63-32)17-3-6-22(49)25(52)9-17)34-27(54)13-30-19(39(34)57)12-29(56)43(61-30)15-1-4-20(47)23(50)7-15/h1-11,13-14,29,37-38,41-60H,12H2/t29-,37-,38+,41-,42-,43-,44-,45-/m1/s1. The topological polar surface area (TPSA) is 331 Å². The fourth-order valence-corrected chi connectivity index (χ4v) is 8.91. The van der Waals surface area contributed by atoms with Crippen molar-refractivity contribution < 1.29 is 90.8 Å². The number of phenolic OH excluding ortho intramolecular Hbond substituents is 12. The van der Waals surface area contributed by atoms with Gasteiger partial charge in [0.1, 0.15) is 70.1 Å². The number of aliphatic hydroxyl groups excluding tert-OH is 3. The average molecular weight is 867 g/mol. The van der Waals surface area contributed by atoms with Gasteiger partial charge in [-0.05, 0) is 53.1 Å². The van der Waals surface area contributed by atoms with Gasteiger partial charge in [-0.1, -0.05) is 18.2 Å². The molecule has 0 saturated heterocycles. The third kappa shape index (κ3) is 6.46. The molecule has 18 nitrogen and oxygen atoms in total. The lowest BCUT2D eigenvalue weighted by Crippen LogP contribution is -2.37. The predicted octanol–water partition coefficient (Wildman–Crippen LogP) is 4.44. The lowest BCUT2D eigenvalue weighted by molar-refractivity contribution is 0.00282. The zero-order chi connectivity index (χ0) is 44.9. The zero-order valence-electron chi connectivity index (χ0n) is 32.3. The molecule has 0 radical (unpaired) electrons. The maximum absolute atomic E-state index is 12.5. The second kappa shape index (κ2) is 14.7. The first-order valence-electron chi connectivity index (χ1n) is 19.3. The summed E-state index contributed by atoms with van der Waals surface area (Å²) in [5.74, 6) is -11.5. The summed E-state index contributed by atoms with van der Waals surface area (Å²) in [6, 6.07) is 14.8. The van der Waals surface area contributed by atoms with Gasteiger partial charge >= 0.3 is 0 Å². The quantitative estimate of drug-likeness (QED) is 0.106. The monoisotopic (exact) mass is 866 g/mol. The zero-order valence-corrected chi connectivity index (χ0v) is 32.3. The van der Waals surface area contributed by atoms with Crippen LogP contribution in [-0.4, -0.2) is 94.9 Å². The molecule has 9 rings (SSSR count). The maximum Gasteiger partial charge on any atom is 0.157 e. The van der Waals surface area contributed by atoms with Crippen LogP contribution in [0.5, 0.6) is 86.2 Å². The Hall–Kier alpha value is -7.80. The van der Waals surface area contributed by atoms with E-state index in [1.807, 2.05) is 0 Å². The molecular formula is C45H38O18. The van der Waals surface area contributed by atoms with Crippen molar-refractivity contribution in [3.63, 3.8) is 0 Å². The largest absolute Gasteiger partial charge is 0.508 e. The van der Waals surface area contributed by atoms with Gasteiger partial charge in [0.05, 0.1) is 17.9 Å². The lowest BCUT2D eigenvalue weighted by atomic mass is 9.74. The van der Waals surface area contributed by atoms with Crippen molar-refractivity contribution in [1.82, 2.24) is 0 Å². The summed E-state index contributed by atoms with van der Waals surface area (Å²) in [6.45, 7) is 0.